The van der Waals surface area contributed by atoms with Crippen LogP contribution in [0.15, 0.2) is 30.3 Å². The van der Waals surface area contributed by atoms with Gasteiger partial charge in [0.25, 0.3) is 0 Å². The number of carbonyl (C=O) groups is 2. The van der Waals surface area contributed by atoms with Gasteiger partial charge in [-0.2, -0.15) is 0 Å². The zero-order valence-electron chi connectivity index (χ0n) is 12.9. The van der Waals surface area contributed by atoms with Gasteiger partial charge in [-0.05, 0) is 25.8 Å². The van der Waals surface area contributed by atoms with E-state index in [2.05, 4.69) is 5.32 Å². The molecule has 0 aliphatic heterocycles. The monoisotopic (exact) mass is 327 g/mol. The smallest absolute Gasteiger partial charge is 0.308 e. The van der Waals surface area contributed by atoms with Gasteiger partial charge in [-0.3, -0.25) is 9.59 Å². The quantitative estimate of drug-likeness (QED) is 0.774. The van der Waals surface area contributed by atoms with Crippen LogP contribution in [0.2, 0.25) is 0 Å². The van der Waals surface area contributed by atoms with Crippen LogP contribution in [-0.4, -0.2) is 42.9 Å². The first-order valence-electron chi connectivity index (χ1n) is 6.80. The lowest BCUT2D eigenvalue weighted by molar-refractivity contribution is -0.141. The van der Waals surface area contributed by atoms with Crippen molar-refractivity contribution in [1.82, 2.24) is 5.32 Å². The maximum absolute atomic E-state index is 12.0. The maximum Gasteiger partial charge on any atom is 0.308 e. The van der Waals surface area contributed by atoms with Gasteiger partial charge in [0.2, 0.25) is 5.91 Å². The van der Waals surface area contributed by atoms with E-state index in [1.54, 1.807) is 24.3 Å². The lowest BCUT2D eigenvalue weighted by Gasteiger charge is -2.22. The van der Waals surface area contributed by atoms with Crippen LogP contribution in [0.5, 0.6) is 0 Å². The van der Waals surface area contributed by atoms with E-state index in [-0.39, 0.29) is 13.0 Å². The number of nitrogens with one attached hydrogen (secondary N) is 1. The van der Waals surface area contributed by atoms with Gasteiger partial charge in [-0.1, -0.05) is 30.3 Å². The number of benzene rings is 1. The molecule has 0 saturated heterocycles. The Bertz CT molecular complexity index is 637. The topological polar surface area (TPSA) is 101 Å². The fourth-order valence-electron chi connectivity index (χ4n) is 1.74. The highest BCUT2D eigenvalue weighted by molar-refractivity contribution is 7.92. The number of sulfone groups is 1. The van der Waals surface area contributed by atoms with E-state index in [9.17, 15) is 23.1 Å². The van der Waals surface area contributed by atoms with E-state index < -0.39 is 32.4 Å². The number of carboxylic acids is 1. The van der Waals surface area contributed by atoms with E-state index in [0.717, 1.165) is 11.8 Å². The number of rotatable bonds is 7. The largest absolute Gasteiger partial charge is 0.481 e. The molecule has 0 saturated carbocycles. The van der Waals surface area contributed by atoms with Crippen molar-refractivity contribution in [3.63, 3.8) is 0 Å². The Kier molecular flexibility index (Phi) is 5.71. The molecular formula is C15H21NO5S. The van der Waals surface area contributed by atoms with Crippen molar-refractivity contribution in [1.29, 1.82) is 0 Å². The van der Waals surface area contributed by atoms with Crippen molar-refractivity contribution < 1.29 is 23.1 Å². The number of amides is 1. The second-order valence-corrected chi connectivity index (χ2v) is 8.28. The molecule has 122 valence electrons. The van der Waals surface area contributed by atoms with E-state index >= 15 is 0 Å². The Hall–Kier alpha value is -1.89. The molecule has 0 fully saturated rings. The van der Waals surface area contributed by atoms with Crippen LogP contribution >= 0.6 is 0 Å². The molecule has 1 aromatic carbocycles. The molecule has 1 amide bonds. The minimum Gasteiger partial charge on any atom is -0.481 e. The zero-order chi connectivity index (χ0) is 17.0. The first-order valence-corrected chi connectivity index (χ1v) is 8.69. The summed E-state index contributed by atoms with van der Waals surface area (Å²) < 4.78 is 21.6. The Morgan fingerprint density at radius 3 is 2.23 bits per heavy atom. The Balaban J connectivity index is 2.74. The van der Waals surface area contributed by atoms with Crippen LogP contribution in [0.4, 0.5) is 0 Å². The highest BCUT2D eigenvalue weighted by Gasteiger charge is 2.38. The minimum atomic E-state index is -3.59. The number of hydrogen-bond acceptors (Lipinski definition) is 4. The van der Waals surface area contributed by atoms with Crippen LogP contribution in [0.1, 0.15) is 19.4 Å². The Labute approximate surface area is 130 Å². The van der Waals surface area contributed by atoms with Gasteiger partial charge >= 0.3 is 5.97 Å². The number of carbonyl (C=O) groups excluding carboxylic acids is 1. The molecule has 1 aromatic rings. The molecule has 0 aromatic heterocycles. The summed E-state index contributed by atoms with van der Waals surface area (Å²) in [6.07, 6.45) is 1.24. The third-order valence-corrected chi connectivity index (χ3v) is 5.70. The van der Waals surface area contributed by atoms with Crippen LogP contribution in [0, 0.1) is 5.92 Å². The van der Waals surface area contributed by atoms with E-state index in [0.29, 0.717) is 0 Å². The third-order valence-electron chi connectivity index (χ3n) is 3.66. The van der Waals surface area contributed by atoms with Crippen molar-refractivity contribution in [3.8, 4) is 0 Å². The van der Waals surface area contributed by atoms with Crippen LogP contribution < -0.4 is 5.32 Å². The predicted molar refractivity (Wildman–Crippen MR) is 83.2 cm³/mol. The fraction of sp³-hybridized carbons (Fsp3) is 0.467. The second kappa shape index (κ2) is 6.91. The summed E-state index contributed by atoms with van der Waals surface area (Å²) in [5.41, 5.74) is 0.839. The molecule has 0 heterocycles. The summed E-state index contributed by atoms with van der Waals surface area (Å²) in [7, 11) is -3.59. The van der Waals surface area contributed by atoms with Crippen molar-refractivity contribution in [2.75, 3.05) is 12.8 Å². The average molecular weight is 327 g/mol. The lowest BCUT2D eigenvalue weighted by Crippen LogP contribution is -2.49. The molecule has 1 rings (SSSR count). The molecule has 22 heavy (non-hydrogen) atoms. The molecule has 0 bridgehead atoms. The normalized spacial score (nSPS) is 13.4. The molecule has 2 N–H and O–H groups in total. The summed E-state index contributed by atoms with van der Waals surface area (Å²) in [6, 6.07) is 9.05. The minimum absolute atomic E-state index is 0.123. The highest BCUT2D eigenvalue weighted by atomic mass is 32.2. The Morgan fingerprint density at radius 2 is 1.77 bits per heavy atom. The Morgan fingerprint density at radius 1 is 1.23 bits per heavy atom. The second-order valence-electron chi connectivity index (χ2n) is 5.72. The molecule has 0 radical (unpaired) electrons. The molecule has 1 atom stereocenters. The summed E-state index contributed by atoms with van der Waals surface area (Å²) in [6.45, 7) is 2.47. The SMILES string of the molecule is CC(C)(C(=O)NCC(Cc1ccccc1)C(=O)O)S(C)(=O)=O. The number of carboxylic acid groups (broad SMARTS) is 1. The van der Waals surface area contributed by atoms with E-state index in [1.165, 1.54) is 13.8 Å². The van der Waals surface area contributed by atoms with Gasteiger partial charge in [0.05, 0.1) is 5.92 Å². The van der Waals surface area contributed by atoms with E-state index in [1.807, 2.05) is 6.07 Å². The first-order chi connectivity index (χ1) is 10.1. The third kappa shape index (κ3) is 4.56. The zero-order valence-corrected chi connectivity index (χ0v) is 13.7. The van der Waals surface area contributed by atoms with Gasteiger partial charge in [-0.25, -0.2) is 8.42 Å². The molecule has 1 unspecified atom stereocenters. The summed E-state index contributed by atoms with van der Waals surface area (Å²) >= 11 is 0. The van der Waals surface area contributed by atoms with Crippen molar-refractivity contribution in [3.05, 3.63) is 35.9 Å². The van der Waals surface area contributed by atoms with Gasteiger partial charge in [0.1, 0.15) is 4.75 Å². The van der Waals surface area contributed by atoms with Crippen molar-refractivity contribution >= 4 is 21.7 Å². The summed E-state index contributed by atoms with van der Waals surface area (Å²) in [5.74, 6) is -2.56. The first kappa shape index (κ1) is 18.2. The molecule has 0 spiro atoms. The van der Waals surface area contributed by atoms with Crippen molar-refractivity contribution in [2.24, 2.45) is 5.92 Å². The average Bonchev–Trinajstić information content (AvgIpc) is 2.42. The van der Waals surface area contributed by atoms with Crippen LogP contribution in [0.3, 0.4) is 0 Å². The molecule has 0 aliphatic carbocycles. The summed E-state index contributed by atoms with van der Waals surface area (Å²) in [4.78, 5) is 23.3. The predicted octanol–water partition coefficient (Wildman–Crippen LogP) is 0.869. The number of aliphatic carboxylic acids is 1. The van der Waals surface area contributed by atoms with Gasteiger partial charge < -0.3 is 10.4 Å². The molecule has 7 heteroatoms. The number of hydrogen-bond donors (Lipinski definition) is 2. The van der Waals surface area contributed by atoms with Crippen LogP contribution in [-0.2, 0) is 25.8 Å². The van der Waals surface area contributed by atoms with Gasteiger partial charge in [0.15, 0.2) is 9.84 Å². The van der Waals surface area contributed by atoms with Crippen LogP contribution in [0.25, 0.3) is 0 Å². The summed E-state index contributed by atoms with van der Waals surface area (Å²) in [5, 5.41) is 11.7. The molecular weight excluding hydrogens is 306 g/mol. The highest BCUT2D eigenvalue weighted by Crippen LogP contribution is 2.15. The fourth-order valence-corrected chi connectivity index (χ4v) is 2.15. The standard InChI is InChI=1S/C15H21NO5S/c1-15(2,22(3,20)21)14(19)16-10-12(13(17)18)9-11-7-5-4-6-8-11/h4-8,12H,9-10H2,1-3H3,(H,16,19)(H,17,18). The molecule has 6 nitrogen and oxygen atoms in total. The lowest BCUT2D eigenvalue weighted by atomic mass is 9.99. The van der Waals surface area contributed by atoms with Crippen molar-refractivity contribution in [2.45, 2.75) is 25.0 Å². The molecule has 0 aliphatic rings. The van der Waals surface area contributed by atoms with Gasteiger partial charge in [0, 0.05) is 12.8 Å². The van der Waals surface area contributed by atoms with Gasteiger partial charge in [-0.15, -0.1) is 0 Å². The maximum atomic E-state index is 12.0. The van der Waals surface area contributed by atoms with E-state index in [4.69, 9.17) is 0 Å².